The number of fused-ring (bicyclic) bond motifs is 6. The number of carbonyl (C=O) groups excluding carboxylic acids is 1. The first kappa shape index (κ1) is 23.8. The molecule has 8 nitrogen and oxygen atoms in total. The van der Waals surface area contributed by atoms with Gasteiger partial charge in [0, 0.05) is 28.1 Å². The molecule has 3 aliphatic rings. The highest BCUT2D eigenvalue weighted by molar-refractivity contribution is 5.94. The molecular weight excluding hydrogens is 436 g/mol. The molecule has 8 heteroatoms. The lowest BCUT2D eigenvalue weighted by molar-refractivity contribution is -0.157. The fourth-order valence-electron chi connectivity index (χ4n) is 4.87. The quantitative estimate of drug-likeness (QED) is 0.420. The molecule has 0 saturated heterocycles. The van der Waals surface area contributed by atoms with Crippen LogP contribution in [0.4, 0.5) is 0 Å². The SMILES string of the molecule is CC.CC.CCc1c2c(nc3cc4c(c(C)c13)OCO4)-c1cc3c(c(=O)n1C2)COC(=O)C3O. The van der Waals surface area contributed by atoms with Gasteiger partial charge in [0.15, 0.2) is 17.6 Å². The van der Waals surface area contributed by atoms with E-state index in [9.17, 15) is 14.7 Å². The lowest BCUT2D eigenvalue weighted by atomic mass is 9.94. The minimum atomic E-state index is -1.46. The highest BCUT2D eigenvalue weighted by Crippen LogP contribution is 2.44. The number of hydrogen-bond donors (Lipinski definition) is 1. The van der Waals surface area contributed by atoms with Crippen molar-refractivity contribution in [3.63, 3.8) is 0 Å². The number of ether oxygens (including phenoxy) is 3. The zero-order valence-electron chi connectivity index (χ0n) is 20.4. The van der Waals surface area contributed by atoms with E-state index in [1.54, 1.807) is 10.6 Å². The van der Waals surface area contributed by atoms with Crippen LogP contribution < -0.4 is 15.0 Å². The second-order valence-electron chi connectivity index (χ2n) is 7.77. The van der Waals surface area contributed by atoms with Crippen molar-refractivity contribution in [1.82, 2.24) is 9.55 Å². The van der Waals surface area contributed by atoms with E-state index >= 15 is 0 Å². The highest BCUT2D eigenvalue weighted by atomic mass is 16.7. The van der Waals surface area contributed by atoms with E-state index in [0.29, 0.717) is 34.8 Å². The van der Waals surface area contributed by atoms with Gasteiger partial charge in [-0.3, -0.25) is 4.79 Å². The zero-order chi connectivity index (χ0) is 24.7. The van der Waals surface area contributed by atoms with E-state index in [2.05, 4.69) is 6.92 Å². The van der Waals surface area contributed by atoms with Crippen molar-refractivity contribution in [2.24, 2.45) is 0 Å². The van der Waals surface area contributed by atoms with Gasteiger partial charge in [-0.2, -0.15) is 0 Å². The Bertz CT molecular complexity index is 1360. The molecule has 0 saturated carbocycles. The summed E-state index contributed by atoms with van der Waals surface area (Å²) in [5, 5.41) is 11.3. The van der Waals surface area contributed by atoms with E-state index in [1.165, 1.54) is 0 Å². The number of esters is 1. The molecule has 0 aliphatic carbocycles. The molecule has 6 rings (SSSR count). The predicted molar refractivity (Wildman–Crippen MR) is 128 cm³/mol. The third kappa shape index (κ3) is 3.27. The number of rotatable bonds is 1. The molecule has 1 N–H and O–H groups in total. The summed E-state index contributed by atoms with van der Waals surface area (Å²) >= 11 is 0. The minimum Gasteiger partial charge on any atom is -0.458 e. The Morgan fingerprint density at radius 2 is 1.82 bits per heavy atom. The second-order valence-corrected chi connectivity index (χ2v) is 7.77. The van der Waals surface area contributed by atoms with Crippen LogP contribution in [-0.4, -0.2) is 27.4 Å². The molecular formula is C26H30N2O6. The largest absolute Gasteiger partial charge is 0.458 e. The van der Waals surface area contributed by atoms with Crippen LogP contribution in [0.25, 0.3) is 22.3 Å². The number of carbonyl (C=O) groups is 1. The summed E-state index contributed by atoms with van der Waals surface area (Å²) in [6.45, 7) is 12.5. The smallest absolute Gasteiger partial charge is 0.340 e. The van der Waals surface area contributed by atoms with Crippen LogP contribution in [-0.2, 0) is 29.1 Å². The Hall–Kier alpha value is -3.39. The average Bonchev–Trinajstić information content (AvgIpc) is 3.48. The van der Waals surface area contributed by atoms with Gasteiger partial charge in [0.05, 0.1) is 29.0 Å². The van der Waals surface area contributed by atoms with E-state index < -0.39 is 12.1 Å². The fraction of sp³-hybridized carbons (Fsp3) is 0.423. The molecule has 0 fully saturated rings. The van der Waals surface area contributed by atoms with E-state index in [4.69, 9.17) is 19.2 Å². The van der Waals surface area contributed by atoms with Gasteiger partial charge < -0.3 is 23.9 Å². The number of aliphatic hydroxyl groups is 1. The van der Waals surface area contributed by atoms with Crippen molar-refractivity contribution >= 4 is 16.9 Å². The summed E-state index contributed by atoms with van der Waals surface area (Å²) in [6.07, 6.45) is -0.701. The van der Waals surface area contributed by atoms with Gasteiger partial charge in [0.2, 0.25) is 6.79 Å². The van der Waals surface area contributed by atoms with Gasteiger partial charge in [-0.05, 0) is 25.0 Å². The van der Waals surface area contributed by atoms with Crippen LogP contribution in [0.5, 0.6) is 11.5 Å². The lowest BCUT2D eigenvalue weighted by Crippen LogP contribution is -2.32. The third-order valence-corrected chi connectivity index (χ3v) is 6.29. The molecule has 0 radical (unpaired) electrons. The van der Waals surface area contributed by atoms with Gasteiger partial charge >= 0.3 is 5.97 Å². The molecule has 180 valence electrons. The van der Waals surface area contributed by atoms with Crippen molar-refractivity contribution in [2.75, 3.05) is 6.79 Å². The minimum absolute atomic E-state index is 0.128. The number of aryl methyl sites for hydroxylation is 2. The standard InChI is InChI=1S/C22H18N2O6.2C2H6/c1-3-10-12-6-24-15(4-11-13(21(24)26)7-28-22(27)19(11)25)18(12)23-14-5-16-20(30-8-29-16)9(2)17(10)14;2*1-2/h4-5,19,25H,3,6-8H2,1-2H3;2*1-2H3. The van der Waals surface area contributed by atoms with Gasteiger partial charge in [-0.15, -0.1) is 0 Å². The van der Waals surface area contributed by atoms with Crippen molar-refractivity contribution in [3.8, 4) is 22.9 Å². The number of cyclic esters (lactones) is 1. The van der Waals surface area contributed by atoms with Gasteiger partial charge in [0.1, 0.15) is 6.61 Å². The van der Waals surface area contributed by atoms with E-state index in [0.717, 1.165) is 39.8 Å². The first-order valence-corrected chi connectivity index (χ1v) is 11.9. The lowest BCUT2D eigenvalue weighted by Gasteiger charge is -2.21. The molecule has 0 spiro atoms. The number of aliphatic hydroxyl groups excluding tert-OH is 1. The van der Waals surface area contributed by atoms with E-state index in [1.807, 2.05) is 40.7 Å². The Morgan fingerprint density at radius 3 is 2.53 bits per heavy atom. The molecule has 0 bridgehead atoms. The van der Waals surface area contributed by atoms with Crippen LogP contribution in [0.1, 0.15) is 68.5 Å². The van der Waals surface area contributed by atoms with Crippen molar-refractivity contribution in [3.05, 3.63) is 50.3 Å². The molecule has 34 heavy (non-hydrogen) atoms. The first-order chi connectivity index (χ1) is 16.5. The number of nitrogens with zero attached hydrogens (tertiary/aromatic N) is 2. The number of aromatic nitrogens is 2. The Kier molecular flexibility index (Phi) is 6.36. The van der Waals surface area contributed by atoms with Crippen LogP contribution in [0.2, 0.25) is 0 Å². The maximum Gasteiger partial charge on any atom is 0.340 e. The normalized spacial score (nSPS) is 16.4. The van der Waals surface area contributed by atoms with Gasteiger partial charge in [-0.1, -0.05) is 34.6 Å². The first-order valence-electron chi connectivity index (χ1n) is 11.9. The molecule has 5 heterocycles. The summed E-state index contributed by atoms with van der Waals surface area (Å²) in [6, 6.07) is 3.57. The number of benzene rings is 1. The fourth-order valence-corrected chi connectivity index (χ4v) is 4.87. The van der Waals surface area contributed by atoms with Crippen molar-refractivity contribution < 1.29 is 24.1 Å². The van der Waals surface area contributed by atoms with Gasteiger partial charge in [0.25, 0.3) is 5.56 Å². The molecule has 1 atom stereocenters. The van der Waals surface area contributed by atoms with E-state index in [-0.39, 0.29) is 19.0 Å². The molecule has 3 aromatic rings. The summed E-state index contributed by atoms with van der Waals surface area (Å²) in [7, 11) is 0. The van der Waals surface area contributed by atoms with Crippen LogP contribution >= 0.6 is 0 Å². The number of pyridine rings is 2. The molecule has 2 aromatic heterocycles. The summed E-state index contributed by atoms with van der Waals surface area (Å²) < 4.78 is 17.8. The predicted octanol–water partition coefficient (Wildman–Crippen LogP) is 4.17. The topological polar surface area (TPSA) is 99.9 Å². The zero-order valence-corrected chi connectivity index (χ0v) is 20.4. The van der Waals surface area contributed by atoms with Crippen molar-refractivity contribution in [1.29, 1.82) is 0 Å². The molecule has 1 unspecified atom stereocenters. The third-order valence-electron chi connectivity index (χ3n) is 6.29. The maximum atomic E-state index is 13.1. The monoisotopic (exact) mass is 466 g/mol. The highest BCUT2D eigenvalue weighted by Gasteiger charge is 2.35. The van der Waals surface area contributed by atoms with Crippen LogP contribution in [0.3, 0.4) is 0 Å². The Labute approximate surface area is 198 Å². The van der Waals surface area contributed by atoms with Crippen LogP contribution in [0, 0.1) is 6.92 Å². The average molecular weight is 467 g/mol. The second kappa shape index (κ2) is 9.10. The Balaban J connectivity index is 0.000000652. The molecule has 1 aromatic carbocycles. The van der Waals surface area contributed by atoms with Crippen molar-refractivity contribution in [2.45, 2.75) is 67.2 Å². The summed E-state index contributed by atoms with van der Waals surface area (Å²) in [4.78, 5) is 29.8. The van der Waals surface area contributed by atoms with Crippen LogP contribution in [0.15, 0.2) is 16.9 Å². The van der Waals surface area contributed by atoms with Gasteiger partial charge in [-0.25, -0.2) is 9.78 Å². The summed E-state index contributed by atoms with van der Waals surface area (Å²) in [5.74, 6) is 0.656. The maximum absolute atomic E-state index is 13.1. The Morgan fingerprint density at radius 1 is 1.09 bits per heavy atom. The molecule has 0 amide bonds. The summed E-state index contributed by atoms with van der Waals surface area (Å²) in [5.41, 5.74) is 5.50. The molecule has 3 aliphatic heterocycles. The number of hydrogen-bond acceptors (Lipinski definition) is 7.